The Morgan fingerprint density at radius 1 is 1.30 bits per heavy atom. The molecule has 0 aromatic heterocycles. The summed E-state index contributed by atoms with van der Waals surface area (Å²) in [4.78, 5) is 34.8. The van der Waals surface area contributed by atoms with Crippen molar-refractivity contribution in [2.75, 3.05) is 33.4 Å². The molecule has 150 valence electrons. The molecule has 3 atom stereocenters. The predicted molar refractivity (Wildman–Crippen MR) is 103 cm³/mol. The van der Waals surface area contributed by atoms with Crippen molar-refractivity contribution in [2.45, 2.75) is 63.5 Å². The Morgan fingerprint density at radius 2 is 2.07 bits per heavy atom. The van der Waals surface area contributed by atoms with Crippen LogP contribution in [0.1, 0.15) is 51.9 Å². The van der Waals surface area contributed by atoms with Crippen molar-refractivity contribution in [3.05, 3.63) is 0 Å². The molecule has 3 fully saturated rings. The third-order valence-electron chi connectivity index (χ3n) is 7.01. The number of amidine groups is 1. The highest BCUT2D eigenvalue weighted by Crippen LogP contribution is 2.50. The van der Waals surface area contributed by atoms with Gasteiger partial charge >= 0.3 is 6.03 Å². The van der Waals surface area contributed by atoms with Crippen molar-refractivity contribution in [3.63, 3.8) is 0 Å². The number of carbonyl (C=O) groups excluding carboxylic acids is 2. The van der Waals surface area contributed by atoms with Crippen LogP contribution in [0.15, 0.2) is 4.99 Å². The number of ether oxygens (including phenoxy) is 1. The average molecular weight is 377 g/mol. The Labute approximate surface area is 161 Å². The molecule has 4 aliphatic rings. The summed E-state index contributed by atoms with van der Waals surface area (Å²) >= 11 is 0. The van der Waals surface area contributed by atoms with E-state index in [4.69, 9.17) is 9.73 Å². The van der Waals surface area contributed by atoms with Gasteiger partial charge in [0, 0.05) is 38.6 Å². The first-order valence-corrected chi connectivity index (χ1v) is 10.5. The van der Waals surface area contributed by atoms with Crippen LogP contribution in [0.5, 0.6) is 0 Å². The number of methoxy groups -OCH3 is 1. The SMILES string of the molecule is CCC1=N[C@@]2(CC[C@@H]3CN(C(=O)NC4CCCC4)C[C@@H]32)C(=O)N1CCOC. The van der Waals surface area contributed by atoms with Gasteiger partial charge in [0.1, 0.15) is 11.4 Å². The molecule has 2 aliphatic heterocycles. The van der Waals surface area contributed by atoms with Gasteiger partial charge in [-0.2, -0.15) is 0 Å². The highest BCUT2D eigenvalue weighted by atomic mass is 16.5. The molecule has 2 saturated carbocycles. The first-order valence-electron chi connectivity index (χ1n) is 10.5. The monoisotopic (exact) mass is 376 g/mol. The number of amides is 3. The lowest BCUT2D eigenvalue weighted by atomic mass is 9.85. The van der Waals surface area contributed by atoms with Gasteiger partial charge in [0.25, 0.3) is 5.91 Å². The smallest absolute Gasteiger partial charge is 0.317 e. The Morgan fingerprint density at radius 3 is 2.78 bits per heavy atom. The predicted octanol–water partition coefficient (Wildman–Crippen LogP) is 2.02. The topological polar surface area (TPSA) is 74.2 Å². The zero-order valence-electron chi connectivity index (χ0n) is 16.6. The van der Waals surface area contributed by atoms with Crippen molar-refractivity contribution in [3.8, 4) is 0 Å². The lowest BCUT2D eigenvalue weighted by molar-refractivity contribution is -0.132. The van der Waals surface area contributed by atoms with Crippen molar-refractivity contribution >= 4 is 17.8 Å². The maximum absolute atomic E-state index is 13.3. The van der Waals surface area contributed by atoms with Crippen LogP contribution in [0.2, 0.25) is 0 Å². The van der Waals surface area contributed by atoms with Crippen molar-refractivity contribution in [2.24, 2.45) is 16.8 Å². The summed E-state index contributed by atoms with van der Waals surface area (Å²) in [6.07, 6.45) is 7.13. The first-order chi connectivity index (χ1) is 13.1. The molecular weight excluding hydrogens is 344 g/mol. The minimum atomic E-state index is -0.647. The normalized spacial score (nSPS) is 33.3. The number of hydrogen-bond donors (Lipinski definition) is 1. The number of hydrogen-bond acceptors (Lipinski definition) is 4. The molecule has 2 aliphatic carbocycles. The number of likely N-dealkylation sites (tertiary alicyclic amines) is 1. The molecule has 7 heteroatoms. The zero-order chi connectivity index (χ0) is 19.0. The standard InChI is InChI=1S/C20H32N4O3/c1-3-17-22-20(18(25)24(17)10-11-27-2)9-8-14-12-23(13-16(14)20)19(26)21-15-6-4-5-7-15/h14-16H,3-13H2,1-2H3,(H,21,26)/t14-,16+,20-/m1/s1. The molecule has 1 spiro atoms. The number of urea groups is 1. The van der Waals surface area contributed by atoms with E-state index in [1.54, 1.807) is 7.11 Å². The lowest BCUT2D eigenvalue weighted by Crippen LogP contribution is -2.48. The van der Waals surface area contributed by atoms with Gasteiger partial charge in [0.15, 0.2) is 0 Å². The van der Waals surface area contributed by atoms with Crippen molar-refractivity contribution in [1.29, 1.82) is 0 Å². The molecule has 1 saturated heterocycles. The number of carbonyl (C=O) groups is 2. The van der Waals surface area contributed by atoms with Gasteiger partial charge in [-0.25, -0.2) is 4.79 Å². The third-order valence-corrected chi connectivity index (χ3v) is 7.01. The zero-order valence-corrected chi connectivity index (χ0v) is 16.6. The minimum absolute atomic E-state index is 0.0489. The second-order valence-electron chi connectivity index (χ2n) is 8.50. The van der Waals surface area contributed by atoms with E-state index in [2.05, 4.69) is 5.32 Å². The summed E-state index contributed by atoms with van der Waals surface area (Å²) in [5.41, 5.74) is -0.647. The molecule has 7 nitrogen and oxygen atoms in total. The van der Waals surface area contributed by atoms with Gasteiger partial charge in [-0.1, -0.05) is 19.8 Å². The Balaban J connectivity index is 1.47. The molecular formula is C20H32N4O3. The van der Waals surface area contributed by atoms with E-state index >= 15 is 0 Å². The molecule has 0 radical (unpaired) electrons. The van der Waals surface area contributed by atoms with E-state index < -0.39 is 5.54 Å². The number of rotatable bonds is 5. The molecule has 2 heterocycles. The van der Waals surface area contributed by atoms with Gasteiger partial charge < -0.3 is 15.0 Å². The first kappa shape index (κ1) is 18.7. The fraction of sp³-hybridized carbons (Fsp3) is 0.850. The van der Waals surface area contributed by atoms with E-state index in [0.29, 0.717) is 31.7 Å². The number of nitrogens with one attached hydrogen (secondary N) is 1. The van der Waals surface area contributed by atoms with Crippen LogP contribution in [0.4, 0.5) is 4.79 Å². The van der Waals surface area contributed by atoms with Crippen LogP contribution >= 0.6 is 0 Å². The molecule has 3 amide bonds. The second kappa shape index (κ2) is 7.41. The highest BCUT2D eigenvalue weighted by molar-refractivity contribution is 6.08. The number of nitrogens with zero attached hydrogens (tertiary/aromatic N) is 3. The van der Waals surface area contributed by atoms with Crippen LogP contribution in [0.25, 0.3) is 0 Å². The fourth-order valence-corrected chi connectivity index (χ4v) is 5.57. The van der Waals surface area contributed by atoms with Crippen molar-refractivity contribution in [1.82, 2.24) is 15.1 Å². The van der Waals surface area contributed by atoms with Crippen LogP contribution in [-0.2, 0) is 9.53 Å². The largest absolute Gasteiger partial charge is 0.383 e. The Hall–Kier alpha value is -1.63. The number of fused-ring (bicyclic) bond motifs is 2. The third kappa shape index (κ3) is 3.13. The summed E-state index contributed by atoms with van der Waals surface area (Å²) in [5, 5.41) is 3.20. The van der Waals surface area contributed by atoms with E-state index in [1.807, 2.05) is 16.7 Å². The van der Waals surface area contributed by atoms with E-state index in [1.165, 1.54) is 12.8 Å². The summed E-state index contributed by atoms with van der Waals surface area (Å²) in [6, 6.07) is 0.377. The molecule has 4 rings (SSSR count). The van der Waals surface area contributed by atoms with E-state index in [-0.39, 0.29) is 17.9 Å². The van der Waals surface area contributed by atoms with E-state index in [9.17, 15) is 9.59 Å². The van der Waals surface area contributed by atoms with Gasteiger partial charge in [-0.15, -0.1) is 0 Å². The molecule has 0 unspecified atom stereocenters. The fourth-order valence-electron chi connectivity index (χ4n) is 5.57. The minimum Gasteiger partial charge on any atom is -0.383 e. The second-order valence-corrected chi connectivity index (χ2v) is 8.50. The summed E-state index contributed by atoms with van der Waals surface area (Å²) in [7, 11) is 1.66. The summed E-state index contributed by atoms with van der Waals surface area (Å²) in [6.45, 7) is 4.53. The summed E-state index contributed by atoms with van der Waals surface area (Å²) in [5.74, 6) is 1.54. The molecule has 0 aromatic carbocycles. The average Bonchev–Trinajstić information content (AvgIpc) is 3.41. The molecule has 0 bridgehead atoms. The van der Waals surface area contributed by atoms with Crippen LogP contribution < -0.4 is 5.32 Å². The van der Waals surface area contributed by atoms with Crippen LogP contribution in [-0.4, -0.2) is 72.5 Å². The van der Waals surface area contributed by atoms with Gasteiger partial charge in [0.2, 0.25) is 0 Å². The number of aliphatic imine (C=N–C) groups is 1. The Kier molecular flexibility index (Phi) is 5.14. The molecule has 27 heavy (non-hydrogen) atoms. The Bertz CT molecular complexity index is 631. The maximum atomic E-state index is 13.3. The van der Waals surface area contributed by atoms with Crippen LogP contribution in [0.3, 0.4) is 0 Å². The molecule has 0 aromatic rings. The summed E-state index contributed by atoms with van der Waals surface area (Å²) < 4.78 is 5.18. The highest BCUT2D eigenvalue weighted by Gasteiger charge is 2.61. The quantitative estimate of drug-likeness (QED) is 0.798. The van der Waals surface area contributed by atoms with Gasteiger partial charge in [-0.05, 0) is 31.6 Å². The lowest BCUT2D eigenvalue weighted by Gasteiger charge is -2.28. The van der Waals surface area contributed by atoms with Gasteiger partial charge in [-0.3, -0.25) is 14.7 Å². The maximum Gasteiger partial charge on any atom is 0.317 e. The van der Waals surface area contributed by atoms with Crippen molar-refractivity contribution < 1.29 is 14.3 Å². The van der Waals surface area contributed by atoms with Crippen LogP contribution in [0, 0.1) is 11.8 Å². The van der Waals surface area contributed by atoms with Gasteiger partial charge in [0.05, 0.1) is 13.2 Å². The molecule has 1 N–H and O–H groups in total. The van der Waals surface area contributed by atoms with E-state index in [0.717, 1.165) is 44.5 Å².